The topological polar surface area (TPSA) is 32.3 Å². The first-order valence-electron chi connectivity index (χ1n) is 7.83. The first-order valence-corrected chi connectivity index (χ1v) is 7.83. The van der Waals surface area contributed by atoms with Crippen molar-refractivity contribution in [3.05, 3.63) is 59.2 Å². The van der Waals surface area contributed by atoms with Gasteiger partial charge in [0.1, 0.15) is 0 Å². The summed E-state index contributed by atoms with van der Waals surface area (Å²) < 4.78 is 0. The number of aryl methyl sites for hydroxylation is 3. The minimum absolute atomic E-state index is 0.0408. The molecule has 0 spiro atoms. The van der Waals surface area contributed by atoms with Gasteiger partial charge >= 0.3 is 0 Å². The number of anilines is 2. The Kier molecular flexibility index (Phi) is 4.14. The Morgan fingerprint density at radius 3 is 2.77 bits per heavy atom. The summed E-state index contributed by atoms with van der Waals surface area (Å²) in [6.45, 7) is 5.49. The Balaban J connectivity index is 1.70. The van der Waals surface area contributed by atoms with Crippen molar-refractivity contribution in [3.63, 3.8) is 0 Å². The largest absolute Gasteiger partial charge is 0.362 e. The average molecular weight is 294 g/mol. The Hall–Kier alpha value is -2.29. The van der Waals surface area contributed by atoms with Crippen molar-refractivity contribution in [1.29, 1.82) is 0 Å². The summed E-state index contributed by atoms with van der Waals surface area (Å²) in [4.78, 5) is 14.5. The molecule has 0 unspecified atom stereocenters. The highest BCUT2D eigenvalue weighted by Gasteiger charge is 2.19. The van der Waals surface area contributed by atoms with Gasteiger partial charge in [0.15, 0.2) is 0 Å². The fourth-order valence-electron chi connectivity index (χ4n) is 3.06. The third-order valence-electron chi connectivity index (χ3n) is 4.09. The highest BCUT2D eigenvalue weighted by molar-refractivity contribution is 5.94. The van der Waals surface area contributed by atoms with Crippen LogP contribution >= 0.6 is 0 Å². The molecule has 0 saturated heterocycles. The molecule has 0 saturated carbocycles. The van der Waals surface area contributed by atoms with Crippen LogP contribution in [0, 0.1) is 13.8 Å². The van der Waals surface area contributed by atoms with Crippen molar-refractivity contribution >= 4 is 17.3 Å². The van der Waals surface area contributed by atoms with Crippen molar-refractivity contribution in [3.8, 4) is 0 Å². The molecule has 3 rings (SSSR count). The molecule has 114 valence electrons. The number of rotatable bonds is 3. The normalized spacial score (nSPS) is 13.6. The third-order valence-corrected chi connectivity index (χ3v) is 4.09. The van der Waals surface area contributed by atoms with Gasteiger partial charge in [0, 0.05) is 17.9 Å². The second-order valence-electron chi connectivity index (χ2n) is 6.07. The molecule has 2 aromatic carbocycles. The predicted molar refractivity (Wildman–Crippen MR) is 91.5 cm³/mol. The predicted octanol–water partition coefficient (Wildman–Crippen LogP) is 3.69. The summed E-state index contributed by atoms with van der Waals surface area (Å²) in [5.41, 5.74) is 5.86. The van der Waals surface area contributed by atoms with Gasteiger partial charge in [-0.1, -0.05) is 29.8 Å². The van der Waals surface area contributed by atoms with E-state index in [2.05, 4.69) is 35.3 Å². The molecule has 0 fully saturated rings. The van der Waals surface area contributed by atoms with E-state index in [0.717, 1.165) is 30.6 Å². The molecule has 0 aliphatic carbocycles. The van der Waals surface area contributed by atoms with E-state index in [1.54, 1.807) is 0 Å². The zero-order valence-corrected chi connectivity index (χ0v) is 13.2. The Labute approximate surface area is 132 Å². The highest BCUT2D eigenvalue weighted by atomic mass is 16.2. The second-order valence-corrected chi connectivity index (χ2v) is 6.07. The van der Waals surface area contributed by atoms with Crippen molar-refractivity contribution in [2.75, 3.05) is 23.3 Å². The van der Waals surface area contributed by atoms with Crippen LogP contribution in [-0.4, -0.2) is 19.0 Å². The SMILES string of the molecule is Cc1cccc(NC(=O)CN2CCCc3cc(C)ccc32)c1. The first kappa shape index (κ1) is 14.6. The average Bonchev–Trinajstić information content (AvgIpc) is 2.47. The summed E-state index contributed by atoms with van der Waals surface area (Å²) in [5, 5.41) is 2.99. The molecule has 1 heterocycles. The van der Waals surface area contributed by atoms with Gasteiger partial charge in [-0.05, 0) is 56.0 Å². The number of fused-ring (bicyclic) bond motifs is 1. The van der Waals surface area contributed by atoms with Crippen LogP contribution in [0.25, 0.3) is 0 Å². The number of carbonyl (C=O) groups is 1. The van der Waals surface area contributed by atoms with Gasteiger partial charge in [-0.3, -0.25) is 4.79 Å². The maximum Gasteiger partial charge on any atom is 0.243 e. The Morgan fingerprint density at radius 1 is 1.14 bits per heavy atom. The molecule has 2 aromatic rings. The number of nitrogens with zero attached hydrogens (tertiary/aromatic N) is 1. The van der Waals surface area contributed by atoms with Crippen molar-refractivity contribution in [2.24, 2.45) is 0 Å². The molecule has 1 aliphatic heterocycles. The molecule has 0 bridgehead atoms. The van der Waals surface area contributed by atoms with Gasteiger partial charge in [0.2, 0.25) is 5.91 Å². The van der Waals surface area contributed by atoms with Gasteiger partial charge in [0.25, 0.3) is 0 Å². The summed E-state index contributed by atoms with van der Waals surface area (Å²) >= 11 is 0. The van der Waals surface area contributed by atoms with Crippen LogP contribution in [0.5, 0.6) is 0 Å². The lowest BCUT2D eigenvalue weighted by Crippen LogP contribution is -2.36. The zero-order chi connectivity index (χ0) is 15.5. The molecule has 22 heavy (non-hydrogen) atoms. The molecular weight excluding hydrogens is 272 g/mol. The maximum atomic E-state index is 12.3. The molecule has 3 heteroatoms. The molecule has 0 radical (unpaired) electrons. The van der Waals surface area contributed by atoms with E-state index in [-0.39, 0.29) is 5.91 Å². The van der Waals surface area contributed by atoms with E-state index in [0.29, 0.717) is 6.54 Å². The van der Waals surface area contributed by atoms with Crippen LogP contribution in [0.2, 0.25) is 0 Å². The number of benzene rings is 2. The van der Waals surface area contributed by atoms with Crippen molar-refractivity contribution in [1.82, 2.24) is 0 Å². The summed E-state index contributed by atoms with van der Waals surface area (Å²) in [6, 6.07) is 14.4. The van der Waals surface area contributed by atoms with Crippen molar-refractivity contribution in [2.45, 2.75) is 26.7 Å². The third kappa shape index (κ3) is 3.30. The van der Waals surface area contributed by atoms with E-state index < -0.39 is 0 Å². The fraction of sp³-hybridized carbons (Fsp3) is 0.316. The molecule has 1 aliphatic rings. The first-order chi connectivity index (χ1) is 10.6. The van der Waals surface area contributed by atoms with E-state index in [1.807, 2.05) is 31.2 Å². The molecule has 3 nitrogen and oxygen atoms in total. The van der Waals surface area contributed by atoms with Gasteiger partial charge in [-0.25, -0.2) is 0 Å². The van der Waals surface area contributed by atoms with Crippen LogP contribution in [0.3, 0.4) is 0 Å². The fourth-order valence-corrected chi connectivity index (χ4v) is 3.06. The number of hydrogen-bond acceptors (Lipinski definition) is 2. The van der Waals surface area contributed by atoms with Crippen LogP contribution < -0.4 is 10.2 Å². The van der Waals surface area contributed by atoms with Gasteiger partial charge in [-0.2, -0.15) is 0 Å². The molecule has 0 aromatic heterocycles. The molecular formula is C19H22N2O. The minimum atomic E-state index is 0.0408. The summed E-state index contributed by atoms with van der Waals surface area (Å²) in [6.07, 6.45) is 2.21. The van der Waals surface area contributed by atoms with Gasteiger partial charge < -0.3 is 10.2 Å². The van der Waals surface area contributed by atoms with E-state index >= 15 is 0 Å². The maximum absolute atomic E-state index is 12.3. The standard InChI is InChI=1S/C19H22N2O/c1-14-5-3-7-17(12-14)20-19(22)13-21-10-4-6-16-11-15(2)8-9-18(16)21/h3,5,7-9,11-12H,4,6,10,13H2,1-2H3,(H,20,22). The summed E-state index contributed by atoms with van der Waals surface area (Å²) in [7, 11) is 0. The summed E-state index contributed by atoms with van der Waals surface area (Å²) in [5.74, 6) is 0.0408. The van der Waals surface area contributed by atoms with E-state index in [4.69, 9.17) is 0 Å². The lowest BCUT2D eigenvalue weighted by atomic mass is 9.99. The van der Waals surface area contributed by atoms with Gasteiger partial charge in [0.05, 0.1) is 6.54 Å². The lowest BCUT2D eigenvalue weighted by Gasteiger charge is -2.31. The lowest BCUT2D eigenvalue weighted by molar-refractivity contribution is -0.115. The van der Waals surface area contributed by atoms with Crippen LogP contribution in [0.4, 0.5) is 11.4 Å². The van der Waals surface area contributed by atoms with Crippen LogP contribution in [0.15, 0.2) is 42.5 Å². The van der Waals surface area contributed by atoms with Crippen molar-refractivity contribution < 1.29 is 4.79 Å². The molecule has 1 amide bonds. The van der Waals surface area contributed by atoms with E-state index in [1.165, 1.54) is 16.8 Å². The minimum Gasteiger partial charge on any atom is -0.362 e. The molecule has 0 atom stereocenters. The Bertz CT molecular complexity index is 694. The monoisotopic (exact) mass is 294 g/mol. The van der Waals surface area contributed by atoms with Crippen LogP contribution in [-0.2, 0) is 11.2 Å². The quantitative estimate of drug-likeness (QED) is 0.936. The highest BCUT2D eigenvalue weighted by Crippen LogP contribution is 2.27. The van der Waals surface area contributed by atoms with Crippen LogP contribution in [0.1, 0.15) is 23.1 Å². The Morgan fingerprint density at radius 2 is 1.95 bits per heavy atom. The number of carbonyl (C=O) groups excluding carboxylic acids is 1. The number of amides is 1. The molecule has 1 N–H and O–H groups in total. The smallest absolute Gasteiger partial charge is 0.243 e. The number of nitrogens with one attached hydrogen (secondary N) is 1. The zero-order valence-electron chi connectivity index (χ0n) is 13.2. The van der Waals surface area contributed by atoms with E-state index in [9.17, 15) is 4.79 Å². The van der Waals surface area contributed by atoms with Gasteiger partial charge in [-0.15, -0.1) is 0 Å². The number of hydrogen-bond donors (Lipinski definition) is 1. The second kappa shape index (κ2) is 6.22.